The molecule has 1 heterocycles. The molecule has 0 aliphatic carbocycles. The van der Waals surface area contributed by atoms with Gasteiger partial charge in [-0.25, -0.2) is 4.98 Å². The van der Waals surface area contributed by atoms with Crippen LogP contribution < -0.4 is 4.74 Å². The van der Waals surface area contributed by atoms with Crippen molar-refractivity contribution in [2.24, 2.45) is 0 Å². The highest BCUT2D eigenvalue weighted by Gasteiger charge is 2.18. The maximum absolute atomic E-state index is 11.8. The minimum atomic E-state index is -0.190. The average molecular weight is 320 g/mol. The number of H-pyrrole nitrogens is 1. The summed E-state index contributed by atoms with van der Waals surface area (Å²) in [4.78, 5) is 18.9. The zero-order valence-corrected chi connectivity index (χ0v) is 13.6. The van der Waals surface area contributed by atoms with E-state index in [4.69, 9.17) is 9.47 Å². The molecule has 1 N–H and O–H groups in total. The molecule has 1 atom stereocenters. The Morgan fingerprint density at radius 1 is 1.36 bits per heavy atom. The monoisotopic (exact) mass is 320 g/mol. The van der Waals surface area contributed by atoms with Crippen molar-refractivity contribution < 1.29 is 14.3 Å². The molecule has 2 rings (SSSR count). The molecule has 1 aromatic carbocycles. The van der Waals surface area contributed by atoms with E-state index in [2.05, 4.69) is 9.97 Å². The molecule has 118 valence electrons. The van der Waals surface area contributed by atoms with E-state index in [0.29, 0.717) is 13.0 Å². The van der Waals surface area contributed by atoms with E-state index in [9.17, 15) is 4.79 Å². The fourth-order valence-electron chi connectivity index (χ4n) is 1.99. The number of aromatic nitrogens is 2. The van der Waals surface area contributed by atoms with Crippen LogP contribution in [0.25, 0.3) is 0 Å². The summed E-state index contributed by atoms with van der Waals surface area (Å²) in [6.07, 6.45) is 3.71. The van der Waals surface area contributed by atoms with Gasteiger partial charge in [-0.3, -0.25) is 4.79 Å². The number of benzene rings is 1. The van der Waals surface area contributed by atoms with Crippen LogP contribution in [0.1, 0.15) is 29.9 Å². The number of imidazole rings is 1. The van der Waals surface area contributed by atoms with Crippen molar-refractivity contribution >= 4 is 17.7 Å². The van der Waals surface area contributed by atoms with Gasteiger partial charge in [0.2, 0.25) is 0 Å². The number of ether oxygens (including phenoxy) is 2. The quantitative estimate of drug-likeness (QED) is 0.756. The van der Waals surface area contributed by atoms with Crippen LogP contribution in [0.3, 0.4) is 0 Å². The van der Waals surface area contributed by atoms with Crippen LogP contribution in [0, 0.1) is 0 Å². The summed E-state index contributed by atoms with van der Waals surface area (Å²) in [5.74, 6) is 1.45. The first kappa shape index (κ1) is 16.4. The number of esters is 1. The molecular formula is C16H20N2O3S. The Kier molecular flexibility index (Phi) is 6.33. The molecule has 6 heteroatoms. The number of hydrogen-bond donors (Lipinski definition) is 1. The van der Waals surface area contributed by atoms with Gasteiger partial charge in [0.15, 0.2) is 0 Å². The summed E-state index contributed by atoms with van der Waals surface area (Å²) in [7, 11) is 1.65. The van der Waals surface area contributed by atoms with Gasteiger partial charge in [-0.2, -0.15) is 0 Å². The van der Waals surface area contributed by atoms with E-state index < -0.39 is 0 Å². The van der Waals surface area contributed by atoms with Crippen LogP contribution in [0.2, 0.25) is 0 Å². The lowest BCUT2D eigenvalue weighted by atomic mass is 10.2. The summed E-state index contributed by atoms with van der Waals surface area (Å²) >= 11 is 1.69. The highest BCUT2D eigenvalue weighted by molar-refractivity contribution is 7.98. The van der Waals surface area contributed by atoms with Crippen LogP contribution >= 0.6 is 11.8 Å². The van der Waals surface area contributed by atoms with Crippen molar-refractivity contribution in [2.75, 3.05) is 13.7 Å². The Bertz CT molecular complexity index is 570. The molecule has 0 saturated carbocycles. The van der Waals surface area contributed by atoms with Crippen LogP contribution in [-0.2, 0) is 15.3 Å². The smallest absolute Gasteiger partial charge is 0.307 e. The van der Waals surface area contributed by atoms with Gasteiger partial charge >= 0.3 is 5.97 Å². The Labute approximate surface area is 134 Å². The molecule has 2 aromatic rings. The SMILES string of the molecule is CCOC(=O)CC(SCc1ccc(OC)cc1)c1cnc[nH]1. The summed E-state index contributed by atoms with van der Waals surface area (Å²) in [6, 6.07) is 7.93. The fraction of sp³-hybridized carbons (Fsp3) is 0.375. The molecule has 0 aliphatic heterocycles. The molecule has 0 amide bonds. The number of rotatable bonds is 8. The van der Waals surface area contributed by atoms with Gasteiger partial charge in [-0.05, 0) is 24.6 Å². The van der Waals surface area contributed by atoms with Gasteiger partial charge in [0.05, 0.1) is 31.7 Å². The Morgan fingerprint density at radius 2 is 2.14 bits per heavy atom. The second-order valence-corrected chi connectivity index (χ2v) is 5.85. The zero-order chi connectivity index (χ0) is 15.8. The third kappa shape index (κ3) is 4.80. The lowest BCUT2D eigenvalue weighted by Crippen LogP contribution is -2.09. The van der Waals surface area contributed by atoms with Gasteiger partial charge in [0.25, 0.3) is 0 Å². The molecule has 0 bridgehead atoms. The molecule has 22 heavy (non-hydrogen) atoms. The van der Waals surface area contributed by atoms with E-state index in [1.807, 2.05) is 31.2 Å². The first-order chi connectivity index (χ1) is 10.7. The number of aromatic amines is 1. The van der Waals surface area contributed by atoms with Crippen molar-refractivity contribution in [2.45, 2.75) is 24.3 Å². The summed E-state index contributed by atoms with van der Waals surface area (Å²) in [5.41, 5.74) is 2.12. The third-order valence-corrected chi connectivity index (χ3v) is 4.46. The van der Waals surface area contributed by atoms with Crippen LogP contribution in [-0.4, -0.2) is 29.7 Å². The maximum atomic E-state index is 11.8. The van der Waals surface area contributed by atoms with E-state index in [-0.39, 0.29) is 11.2 Å². The summed E-state index contributed by atoms with van der Waals surface area (Å²) in [5, 5.41) is 0.00338. The van der Waals surface area contributed by atoms with Gasteiger partial charge < -0.3 is 14.5 Å². The fourth-order valence-corrected chi connectivity index (χ4v) is 3.14. The molecule has 0 radical (unpaired) electrons. The van der Waals surface area contributed by atoms with Crippen LogP contribution in [0.5, 0.6) is 5.75 Å². The zero-order valence-electron chi connectivity index (χ0n) is 12.7. The number of nitrogens with zero attached hydrogens (tertiary/aromatic N) is 1. The van der Waals surface area contributed by atoms with Gasteiger partial charge in [0, 0.05) is 17.6 Å². The van der Waals surface area contributed by atoms with Crippen LogP contribution in [0.15, 0.2) is 36.8 Å². The summed E-state index contributed by atoms with van der Waals surface area (Å²) < 4.78 is 10.2. The first-order valence-corrected chi connectivity index (χ1v) is 8.16. The molecule has 5 nitrogen and oxygen atoms in total. The maximum Gasteiger partial charge on any atom is 0.307 e. The molecule has 0 fully saturated rings. The Morgan fingerprint density at radius 3 is 2.73 bits per heavy atom. The normalized spacial score (nSPS) is 11.9. The van der Waals surface area contributed by atoms with Gasteiger partial charge in [-0.15, -0.1) is 11.8 Å². The van der Waals surface area contributed by atoms with Crippen LogP contribution in [0.4, 0.5) is 0 Å². The number of thioether (sulfide) groups is 1. The largest absolute Gasteiger partial charge is 0.497 e. The minimum Gasteiger partial charge on any atom is -0.497 e. The molecule has 0 spiro atoms. The number of carbonyl (C=O) groups is 1. The molecule has 0 saturated heterocycles. The van der Waals surface area contributed by atoms with E-state index in [0.717, 1.165) is 17.2 Å². The van der Waals surface area contributed by atoms with Gasteiger partial charge in [0.1, 0.15) is 5.75 Å². The van der Waals surface area contributed by atoms with Crippen molar-refractivity contribution in [3.05, 3.63) is 48.0 Å². The number of carbonyl (C=O) groups excluding carboxylic acids is 1. The first-order valence-electron chi connectivity index (χ1n) is 7.11. The van der Waals surface area contributed by atoms with Crippen molar-refractivity contribution in [1.29, 1.82) is 0 Å². The number of hydrogen-bond acceptors (Lipinski definition) is 5. The topological polar surface area (TPSA) is 64.2 Å². The van der Waals surface area contributed by atoms with Gasteiger partial charge in [-0.1, -0.05) is 12.1 Å². The average Bonchev–Trinajstić information content (AvgIpc) is 3.06. The second-order valence-electron chi connectivity index (χ2n) is 4.66. The highest BCUT2D eigenvalue weighted by atomic mass is 32.2. The highest BCUT2D eigenvalue weighted by Crippen LogP contribution is 2.33. The number of methoxy groups -OCH3 is 1. The Hall–Kier alpha value is -1.95. The lowest BCUT2D eigenvalue weighted by molar-refractivity contribution is -0.143. The molecule has 1 unspecified atom stereocenters. The van der Waals surface area contributed by atoms with E-state index >= 15 is 0 Å². The third-order valence-electron chi connectivity index (χ3n) is 3.13. The Balaban J connectivity index is 1.98. The second kappa shape index (κ2) is 8.48. The van der Waals surface area contributed by atoms with Crippen molar-refractivity contribution in [3.63, 3.8) is 0 Å². The summed E-state index contributed by atoms with van der Waals surface area (Å²) in [6.45, 7) is 2.21. The number of nitrogens with one attached hydrogen (secondary N) is 1. The van der Waals surface area contributed by atoms with Crippen molar-refractivity contribution in [1.82, 2.24) is 9.97 Å². The molecule has 1 aromatic heterocycles. The van der Waals surface area contributed by atoms with E-state index in [1.165, 1.54) is 5.56 Å². The molecule has 0 aliphatic rings. The predicted octanol–water partition coefficient (Wildman–Crippen LogP) is 3.35. The lowest BCUT2D eigenvalue weighted by Gasteiger charge is -2.14. The molecular weight excluding hydrogens is 300 g/mol. The van der Waals surface area contributed by atoms with Crippen molar-refractivity contribution in [3.8, 4) is 5.75 Å². The predicted molar refractivity (Wildman–Crippen MR) is 86.9 cm³/mol. The van der Waals surface area contributed by atoms with E-state index in [1.54, 1.807) is 31.4 Å². The minimum absolute atomic E-state index is 0.00338. The standard InChI is InChI=1S/C16H20N2O3S/c1-3-21-16(19)8-15(14-9-17-11-18-14)22-10-12-4-6-13(20-2)7-5-12/h4-7,9,11,15H,3,8,10H2,1-2H3,(H,17,18).